The van der Waals surface area contributed by atoms with Crippen LogP contribution in [0.5, 0.6) is 0 Å². The lowest BCUT2D eigenvalue weighted by Crippen LogP contribution is -2.44. The first-order chi connectivity index (χ1) is 13.0. The van der Waals surface area contributed by atoms with Gasteiger partial charge < -0.3 is 14.7 Å². The lowest BCUT2D eigenvalue weighted by molar-refractivity contribution is -0.380. The molecule has 4 rings (SSSR count). The normalized spacial score (nSPS) is 22.8. The Labute approximate surface area is 171 Å². The van der Waals surface area contributed by atoms with Gasteiger partial charge in [-0.15, -0.1) is 12.4 Å². The molecule has 2 fully saturated rings. The molecule has 0 aliphatic carbocycles. The Morgan fingerprint density at radius 1 is 1.39 bits per heavy atom. The van der Waals surface area contributed by atoms with Crippen molar-refractivity contribution >= 4 is 34.7 Å². The number of hydrogen-bond donors (Lipinski definition) is 1. The highest BCUT2D eigenvalue weighted by Crippen LogP contribution is 2.35. The van der Waals surface area contributed by atoms with E-state index in [1.54, 1.807) is 4.90 Å². The van der Waals surface area contributed by atoms with Gasteiger partial charge in [0.2, 0.25) is 5.89 Å². The Morgan fingerprint density at radius 3 is 2.93 bits per heavy atom. The van der Waals surface area contributed by atoms with E-state index in [0.717, 1.165) is 43.8 Å². The second-order valence-electron chi connectivity index (χ2n) is 6.74. The number of carbonyl (C=O) groups excluding carboxylic acids is 1. The Hall–Kier alpha value is -2.08. The third kappa shape index (κ3) is 3.88. The molecule has 2 unspecified atom stereocenters. The van der Waals surface area contributed by atoms with Gasteiger partial charge in [0, 0.05) is 32.2 Å². The van der Waals surface area contributed by atoms with Crippen LogP contribution in [0.3, 0.4) is 0 Å². The minimum atomic E-state index is -0.484. The van der Waals surface area contributed by atoms with Crippen LogP contribution in [0.1, 0.15) is 46.3 Å². The van der Waals surface area contributed by atoms with Gasteiger partial charge >= 0.3 is 5.00 Å². The number of nitro groups is 1. The van der Waals surface area contributed by atoms with Crippen molar-refractivity contribution in [1.82, 2.24) is 25.3 Å². The van der Waals surface area contributed by atoms with Gasteiger partial charge in [0.05, 0.1) is 15.8 Å². The van der Waals surface area contributed by atoms with Crippen LogP contribution >= 0.6 is 23.7 Å². The Morgan fingerprint density at radius 2 is 2.21 bits per heavy atom. The Kier molecular flexibility index (Phi) is 6.28. The standard InChI is InChI=1S/C16H20N6O4S.ClH/c1-20-8-6-17-9-11(20)14-18-15(26-19-14)10-3-2-7-21(10)16(23)12-4-5-13(27-12)22(24)25;/h4-5,10-11,17H,2-3,6-9H2,1H3;1H. The molecule has 2 atom stereocenters. The van der Waals surface area contributed by atoms with Gasteiger partial charge in [-0.25, -0.2) is 0 Å². The summed E-state index contributed by atoms with van der Waals surface area (Å²) < 4.78 is 5.50. The van der Waals surface area contributed by atoms with Crippen molar-refractivity contribution in [3.05, 3.63) is 38.8 Å². The van der Waals surface area contributed by atoms with Crippen LogP contribution in [0.15, 0.2) is 16.7 Å². The summed E-state index contributed by atoms with van der Waals surface area (Å²) in [5, 5.41) is 18.3. The largest absolute Gasteiger partial charge is 0.337 e. The highest BCUT2D eigenvalue weighted by Gasteiger charge is 2.36. The van der Waals surface area contributed by atoms with E-state index in [1.165, 1.54) is 12.1 Å². The topological polar surface area (TPSA) is 118 Å². The lowest BCUT2D eigenvalue weighted by Gasteiger charge is -2.30. The first-order valence-corrected chi connectivity index (χ1v) is 9.66. The molecule has 2 aliphatic rings. The molecule has 1 amide bonds. The van der Waals surface area contributed by atoms with Crippen molar-refractivity contribution in [2.75, 3.05) is 33.2 Å². The third-order valence-corrected chi connectivity index (χ3v) is 6.07. The lowest BCUT2D eigenvalue weighted by atomic mass is 10.2. The summed E-state index contributed by atoms with van der Waals surface area (Å²) in [4.78, 5) is 32.0. The second kappa shape index (κ2) is 8.52. The van der Waals surface area contributed by atoms with Gasteiger partial charge in [0.15, 0.2) is 5.82 Å². The van der Waals surface area contributed by atoms with Crippen molar-refractivity contribution in [1.29, 1.82) is 0 Å². The Bertz CT molecular complexity index is 858. The zero-order valence-electron chi connectivity index (χ0n) is 15.2. The van der Waals surface area contributed by atoms with E-state index >= 15 is 0 Å². The molecule has 0 spiro atoms. The van der Waals surface area contributed by atoms with Gasteiger partial charge in [-0.3, -0.25) is 19.8 Å². The van der Waals surface area contributed by atoms with Crippen molar-refractivity contribution < 1.29 is 14.2 Å². The molecule has 1 N–H and O–H groups in total. The molecule has 12 heteroatoms. The molecule has 2 aromatic heterocycles. The highest BCUT2D eigenvalue weighted by molar-refractivity contribution is 7.17. The molecular formula is C16H21ClN6O4S. The van der Waals surface area contributed by atoms with Gasteiger partial charge in [-0.05, 0) is 26.0 Å². The first kappa shape index (κ1) is 20.6. The van der Waals surface area contributed by atoms with Crippen molar-refractivity contribution in [2.24, 2.45) is 0 Å². The van der Waals surface area contributed by atoms with E-state index in [0.29, 0.717) is 23.1 Å². The van der Waals surface area contributed by atoms with E-state index in [-0.39, 0.29) is 35.4 Å². The molecule has 2 saturated heterocycles. The van der Waals surface area contributed by atoms with Crippen molar-refractivity contribution in [3.63, 3.8) is 0 Å². The zero-order chi connectivity index (χ0) is 19.0. The van der Waals surface area contributed by atoms with Crippen LogP contribution in [0, 0.1) is 10.1 Å². The number of likely N-dealkylation sites (tertiary alicyclic amines) is 1. The smallest absolute Gasteiger partial charge is 0.324 e. The highest BCUT2D eigenvalue weighted by atomic mass is 35.5. The molecular weight excluding hydrogens is 408 g/mol. The van der Waals surface area contributed by atoms with Crippen LogP contribution in [0.25, 0.3) is 0 Å². The Balaban J connectivity index is 0.00000225. The van der Waals surface area contributed by atoms with Gasteiger partial charge in [0.1, 0.15) is 6.04 Å². The maximum Gasteiger partial charge on any atom is 0.324 e. The molecule has 2 aromatic rings. The van der Waals surface area contributed by atoms with Crippen LogP contribution in [-0.4, -0.2) is 64.0 Å². The first-order valence-electron chi connectivity index (χ1n) is 8.84. The maximum atomic E-state index is 12.8. The fourth-order valence-corrected chi connectivity index (χ4v) is 4.34. The number of aromatic nitrogens is 2. The SMILES string of the molecule is CN1CCNCC1c1noc(C2CCCN2C(=O)c2ccc([N+](=O)[O-])s2)n1.Cl. The average molecular weight is 429 g/mol. The van der Waals surface area contributed by atoms with E-state index in [2.05, 4.69) is 20.4 Å². The molecule has 4 heterocycles. The van der Waals surface area contributed by atoms with Crippen molar-refractivity contribution in [3.8, 4) is 0 Å². The number of nitrogens with zero attached hydrogens (tertiary/aromatic N) is 5. The molecule has 28 heavy (non-hydrogen) atoms. The minimum absolute atomic E-state index is 0. The van der Waals surface area contributed by atoms with Gasteiger partial charge in [0.25, 0.3) is 5.91 Å². The summed E-state index contributed by atoms with van der Waals surface area (Å²) in [5.74, 6) is 0.818. The van der Waals surface area contributed by atoms with Gasteiger partial charge in [-0.2, -0.15) is 4.98 Å². The molecule has 152 valence electrons. The third-order valence-electron chi connectivity index (χ3n) is 5.05. The predicted octanol–water partition coefficient (Wildman–Crippen LogP) is 2.01. The number of nitrogens with one attached hydrogen (secondary N) is 1. The number of amides is 1. The summed E-state index contributed by atoms with van der Waals surface area (Å²) in [6, 6.07) is 2.62. The number of hydrogen-bond acceptors (Lipinski definition) is 9. The molecule has 0 saturated carbocycles. The zero-order valence-corrected chi connectivity index (χ0v) is 16.9. The average Bonchev–Trinajstić information content (AvgIpc) is 3.40. The van der Waals surface area contributed by atoms with Crippen LogP contribution in [-0.2, 0) is 0 Å². The summed E-state index contributed by atoms with van der Waals surface area (Å²) in [6.45, 7) is 3.15. The summed E-state index contributed by atoms with van der Waals surface area (Å²) >= 11 is 0.890. The minimum Gasteiger partial charge on any atom is -0.337 e. The number of rotatable bonds is 4. The van der Waals surface area contributed by atoms with Crippen LogP contribution < -0.4 is 5.32 Å². The molecule has 2 aliphatic heterocycles. The van der Waals surface area contributed by atoms with E-state index in [1.807, 2.05) is 7.05 Å². The van der Waals surface area contributed by atoms with Crippen LogP contribution in [0.4, 0.5) is 5.00 Å². The molecule has 0 radical (unpaired) electrons. The maximum absolute atomic E-state index is 12.8. The molecule has 0 aromatic carbocycles. The monoisotopic (exact) mass is 428 g/mol. The van der Waals surface area contributed by atoms with Crippen LogP contribution in [0.2, 0.25) is 0 Å². The predicted molar refractivity (Wildman–Crippen MR) is 104 cm³/mol. The molecule has 0 bridgehead atoms. The summed E-state index contributed by atoms with van der Waals surface area (Å²) in [7, 11) is 2.02. The van der Waals surface area contributed by atoms with E-state index < -0.39 is 4.92 Å². The van der Waals surface area contributed by atoms with E-state index in [9.17, 15) is 14.9 Å². The number of likely N-dealkylation sites (N-methyl/N-ethyl adjacent to an activating group) is 1. The second-order valence-corrected chi connectivity index (χ2v) is 7.81. The van der Waals surface area contributed by atoms with Gasteiger partial charge in [-0.1, -0.05) is 16.5 Å². The number of carbonyl (C=O) groups is 1. The molecule has 10 nitrogen and oxygen atoms in total. The number of piperazine rings is 1. The summed E-state index contributed by atoms with van der Waals surface area (Å²) in [6.07, 6.45) is 1.56. The fraction of sp³-hybridized carbons (Fsp3) is 0.562. The fourth-order valence-electron chi connectivity index (χ4n) is 3.56. The summed E-state index contributed by atoms with van der Waals surface area (Å²) in [5.41, 5.74) is 0. The van der Waals surface area contributed by atoms with E-state index in [4.69, 9.17) is 4.52 Å². The quantitative estimate of drug-likeness (QED) is 0.580. The number of halogens is 1. The van der Waals surface area contributed by atoms with Crippen molar-refractivity contribution in [2.45, 2.75) is 24.9 Å². The number of thiophene rings is 1.